The van der Waals surface area contributed by atoms with Gasteiger partial charge in [0.1, 0.15) is 41.0 Å². The number of benzene rings is 5. The van der Waals surface area contributed by atoms with Gasteiger partial charge in [0.2, 0.25) is 5.60 Å². The highest BCUT2D eigenvalue weighted by Gasteiger charge is 2.55. The Morgan fingerprint density at radius 3 is 1.80 bits per heavy atom. The monoisotopic (exact) mass is 1140 g/mol. The molecule has 2 amide bonds. The minimum absolute atomic E-state index is 0. The van der Waals surface area contributed by atoms with Crippen molar-refractivity contribution in [3.8, 4) is 0 Å². The average molecular weight is 1140 g/mol. The number of rotatable bonds is 18. The average Bonchev–Trinajstić information content (AvgIpc) is 3.92. The van der Waals surface area contributed by atoms with Crippen LogP contribution in [0.15, 0.2) is 203 Å². The quantitative estimate of drug-likeness (QED) is 0.0174. The van der Waals surface area contributed by atoms with Gasteiger partial charge in [0, 0.05) is 33.9 Å². The molecule has 2 atom stereocenters. The number of aryl methyl sites for hydroxylation is 1. The van der Waals surface area contributed by atoms with Gasteiger partial charge < -0.3 is 41.9 Å². The van der Waals surface area contributed by atoms with Crippen LogP contribution in [0.4, 0.5) is 5.13 Å². The molecule has 5 aromatic carbocycles. The number of pyridine rings is 1. The number of esters is 2. The van der Waals surface area contributed by atoms with Crippen LogP contribution in [0.25, 0.3) is 0 Å². The second-order valence-electron chi connectivity index (χ2n) is 19.5. The van der Waals surface area contributed by atoms with Gasteiger partial charge in [0.15, 0.2) is 29.3 Å². The van der Waals surface area contributed by atoms with Crippen LogP contribution in [0, 0.1) is 0 Å². The van der Waals surface area contributed by atoms with Crippen molar-refractivity contribution in [2.45, 2.75) is 73.8 Å². The van der Waals surface area contributed by atoms with Crippen LogP contribution < -0.4 is 32.2 Å². The molecule has 0 unspecified atom stereocenters. The molecule has 0 radical (unpaired) electrons. The maximum Gasteiger partial charge on any atom is 0.356 e. The molecule has 7 aromatic rings. The maximum atomic E-state index is 14.9. The van der Waals surface area contributed by atoms with Crippen molar-refractivity contribution in [3.63, 3.8) is 0 Å². The molecule has 9 rings (SSSR count). The molecular formula is C59H57BrN6O7S3. The van der Waals surface area contributed by atoms with Crippen LogP contribution in [-0.2, 0) is 46.1 Å². The Labute approximate surface area is 465 Å². The van der Waals surface area contributed by atoms with Crippen LogP contribution in [0.3, 0.4) is 0 Å². The largest absolute Gasteiger partial charge is 1.00 e. The zero-order valence-corrected chi connectivity index (χ0v) is 46.8. The summed E-state index contributed by atoms with van der Waals surface area (Å²) in [5, 5.41) is 12.4. The van der Waals surface area contributed by atoms with Crippen LogP contribution in [0.1, 0.15) is 74.2 Å². The third kappa shape index (κ3) is 12.3. The number of hydrogen-bond acceptors (Lipinski definition) is 13. The van der Waals surface area contributed by atoms with E-state index >= 15 is 0 Å². The van der Waals surface area contributed by atoms with Crippen molar-refractivity contribution in [1.29, 1.82) is 0 Å². The van der Waals surface area contributed by atoms with Crippen molar-refractivity contribution >= 4 is 69.5 Å². The normalized spacial score (nSPS) is 15.7. The van der Waals surface area contributed by atoms with Crippen LogP contribution in [0.2, 0.25) is 0 Å². The fourth-order valence-corrected chi connectivity index (χ4v) is 11.8. The first-order valence-corrected chi connectivity index (χ1v) is 27.3. The Hall–Kier alpha value is -7.05. The molecular weight excluding hydrogens is 1080 g/mol. The number of halogens is 1. The number of hydrogen-bond donors (Lipinski definition) is 2. The number of amides is 2. The van der Waals surface area contributed by atoms with E-state index in [0.29, 0.717) is 16.6 Å². The Morgan fingerprint density at radius 1 is 0.776 bits per heavy atom. The van der Waals surface area contributed by atoms with Gasteiger partial charge in [-0.05, 0) is 68.0 Å². The highest BCUT2D eigenvalue weighted by Crippen LogP contribution is 2.44. The fourth-order valence-electron chi connectivity index (χ4n) is 8.68. The molecule has 0 bridgehead atoms. The molecule has 2 aliphatic rings. The lowest BCUT2D eigenvalue weighted by Crippen LogP contribution is -3.00. The van der Waals surface area contributed by atoms with Gasteiger partial charge in [0.25, 0.3) is 11.8 Å². The summed E-state index contributed by atoms with van der Waals surface area (Å²) < 4.78 is 14.0. The van der Waals surface area contributed by atoms with E-state index in [4.69, 9.17) is 19.3 Å². The van der Waals surface area contributed by atoms with Crippen molar-refractivity contribution in [2.75, 3.05) is 16.8 Å². The van der Waals surface area contributed by atoms with Gasteiger partial charge in [-0.2, -0.15) is 0 Å². The van der Waals surface area contributed by atoms with Crippen molar-refractivity contribution in [2.24, 2.45) is 12.2 Å². The summed E-state index contributed by atoms with van der Waals surface area (Å²) in [6.45, 7) is 8.22. The zero-order valence-electron chi connectivity index (χ0n) is 42.7. The Bertz CT molecular complexity index is 3080. The summed E-state index contributed by atoms with van der Waals surface area (Å²) in [6, 6.07) is 51.9. The van der Waals surface area contributed by atoms with Gasteiger partial charge in [0.05, 0.1) is 0 Å². The van der Waals surface area contributed by atoms with E-state index in [0.717, 1.165) is 38.3 Å². The summed E-state index contributed by atoms with van der Waals surface area (Å²) >= 11 is 4.23. The maximum absolute atomic E-state index is 14.9. The Balaban J connectivity index is 0.00000765. The number of thiazole rings is 1. The minimum atomic E-state index is -1.65. The van der Waals surface area contributed by atoms with E-state index in [1.165, 1.54) is 41.8 Å². The molecule has 17 heteroatoms. The summed E-state index contributed by atoms with van der Waals surface area (Å²) in [6.07, 6.45) is 3.13. The molecule has 1 fully saturated rings. The molecule has 76 heavy (non-hydrogen) atoms. The number of β-lactam (4-membered cyclic amide) rings is 1. The smallest absolute Gasteiger partial charge is 0.356 e. The molecule has 13 nitrogen and oxygen atoms in total. The summed E-state index contributed by atoms with van der Waals surface area (Å²) in [5.74, 6) is -1.88. The predicted molar refractivity (Wildman–Crippen MR) is 294 cm³/mol. The third-order valence-electron chi connectivity index (χ3n) is 12.4. The topological polar surface area (TPSA) is 152 Å². The van der Waals surface area contributed by atoms with Crippen LogP contribution in [0.5, 0.6) is 0 Å². The summed E-state index contributed by atoms with van der Waals surface area (Å²) in [7, 11) is 1.94. The van der Waals surface area contributed by atoms with Crippen molar-refractivity contribution in [1.82, 2.24) is 15.2 Å². The lowest BCUT2D eigenvalue weighted by atomic mass is 9.77. The number of carbonyl (C=O) groups is 4. The molecule has 2 N–H and O–H groups in total. The van der Waals surface area contributed by atoms with Crippen LogP contribution >= 0.6 is 34.9 Å². The third-order valence-corrected chi connectivity index (χ3v) is 15.6. The number of fused-ring (bicyclic) bond motifs is 1. The standard InChI is InChI=1S/C59H56N6O7S3.BrH/c1-57(2,3)71-55(69)58(4,5)72-63-47(46-38-75-56(60-46)62-59(42-26-16-9-17-27-42,43-28-18-10-19-29-43)44-30-20-11-21-31-44)51(66)61-48-52(67)65-49(41(37-74-53(48)65)36-73-45-32-34-64(6)35-33-45)54(68)70-50(39-22-12-7-13-23-39)40-24-14-8-15-25-40;/h7-35,38,48,50,53H,36-37H2,1-6H3,(H-,60,61,62,66);1H/b63-47-;/t48-,53-;/m1./s1. The molecule has 390 valence electrons. The zero-order chi connectivity index (χ0) is 52.7. The molecule has 0 aliphatic carbocycles. The number of ether oxygens (including phenoxy) is 2. The van der Waals surface area contributed by atoms with Gasteiger partial charge in [-0.3, -0.25) is 14.5 Å². The van der Waals surface area contributed by atoms with Gasteiger partial charge >= 0.3 is 11.9 Å². The van der Waals surface area contributed by atoms with E-state index in [9.17, 15) is 19.2 Å². The van der Waals surface area contributed by atoms with E-state index in [1.54, 1.807) is 37.9 Å². The Morgan fingerprint density at radius 2 is 1.29 bits per heavy atom. The molecule has 4 heterocycles. The number of carbonyl (C=O) groups excluding carboxylic acids is 4. The van der Waals surface area contributed by atoms with E-state index in [1.807, 2.05) is 188 Å². The predicted octanol–water partition coefficient (Wildman–Crippen LogP) is 7.00. The van der Waals surface area contributed by atoms with Crippen LogP contribution in [-0.4, -0.2) is 73.5 Å². The number of oxime groups is 1. The Kier molecular flexibility index (Phi) is 17.3. The van der Waals surface area contributed by atoms with Gasteiger partial charge in [-0.1, -0.05) is 157 Å². The highest BCUT2D eigenvalue weighted by atomic mass is 79.9. The van der Waals surface area contributed by atoms with E-state index in [-0.39, 0.29) is 34.1 Å². The highest BCUT2D eigenvalue weighted by molar-refractivity contribution is 8.01. The SMILES string of the molecule is C[n+]1ccc(SCC2=C(C(=O)OC(c3ccccc3)c3ccccc3)N3C(=O)[C@@H](NC(=O)/C(=N\OC(C)(C)C(=O)OC(C)(C)C)c4csc(NC(c5ccccc5)(c5ccccc5)c5ccccc5)n4)[C@H]3SC2)cc1.[Br-]. The second-order valence-corrected chi connectivity index (χ2v) is 22.5. The first-order valence-electron chi connectivity index (χ1n) is 24.4. The molecule has 0 saturated carbocycles. The number of nitrogens with zero attached hydrogens (tertiary/aromatic N) is 4. The number of thioether (sulfide) groups is 2. The minimum Gasteiger partial charge on any atom is -1.00 e. The number of aromatic nitrogens is 2. The number of nitrogens with one attached hydrogen (secondary N) is 2. The van der Waals surface area contributed by atoms with Gasteiger partial charge in [-0.15, -0.1) is 34.9 Å². The van der Waals surface area contributed by atoms with Crippen molar-refractivity contribution in [3.05, 3.63) is 226 Å². The lowest BCUT2D eigenvalue weighted by Gasteiger charge is -2.49. The first kappa shape index (κ1) is 55.2. The summed E-state index contributed by atoms with van der Waals surface area (Å²) in [5.41, 5.74) is 1.62. The molecule has 0 spiro atoms. The molecule has 1 saturated heterocycles. The van der Waals surface area contributed by atoms with E-state index < -0.39 is 58.0 Å². The lowest BCUT2D eigenvalue weighted by molar-refractivity contribution is -0.671. The molecule has 2 aliphatic heterocycles. The second kappa shape index (κ2) is 23.9. The van der Waals surface area contributed by atoms with Gasteiger partial charge in [-0.25, -0.2) is 19.1 Å². The van der Waals surface area contributed by atoms with E-state index in [2.05, 4.69) is 15.8 Å². The first-order chi connectivity index (χ1) is 36.1. The molecule has 2 aromatic heterocycles. The summed E-state index contributed by atoms with van der Waals surface area (Å²) in [4.78, 5) is 71.1. The fraction of sp³-hybridized carbons (Fsp3) is 0.237. The van der Waals surface area contributed by atoms with Crippen molar-refractivity contribution < 1.29 is 55.0 Å². The number of anilines is 1.